The van der Waals surface area contributed by atoms with E-state index in [1.165, 1.54) is 11.3 Å². The van der Waals surface area contributed by atoms with Crippen LogP contribution in [0.5, 0.6) is 0 Å². The molecule has 0 saturated heterocycles. The molecular formula is C15H16ClNO2S. The van der Waals surface area contributed by atoms with E-state index in [1.807, 2.05) is 42.6 Å². The van der Waals surface area contributed by atoms with Crippen LogP contribution >= 0.6 is 22.9 Å². The number of aliphatic hydroxyl groups is 1. The Balaban J connectivity index is 2.03. The molecule has 2 aromatic rings. The molecule has 1 aromatic carbocycles. The van der Waals surface area contributed by atoms with Crippen molar-refractivity contribution in [3.05, 3.63) is 56.7 Å². The molecule has 1 atom stereocenters. The van der Waals surface area contributed by atoms with E-state index in [0.29, 0.717) is 16.3 Å². The lowest BCUT2D eigenvalue weighted by atomic mass is 10.1. The van der Waals surface area contributed by atoms with Gasteiger partial charge in [0.1, 0.15) is 4.88 Å². The molecule has 1 aromatic heterocycles. The van der Waals surface area contributed by atoms with Crippen molar-refractivity contribution in [1.29, 1.82) is 0 Å². The van der Waals surface area contributed by atoms with Gasteiger partial charge in [-0.15, -0.1) is 11.3 Å². The van der Waals surface area contributed by atoms with Gasteiger partial charge in [0.15, 0.2) is 0 Å². The second kappa shape index (κ2) is 6.88. The highest BCUT2D eigenvalue weighted by Gasteiger charge is 2.18. The summed E-state index contributed by atoms with van der Waals surface area (Å²) in [6.45, 7) is 1.76. The molecule has 0 bridgehead atoms. The van der Waals surface area contributed by atoms with Gasteiger partial charge in [0.25, 0.3) is 5.91 Å². The smallest absolute Gasteiger partial charge is 0.263 e. The van der Waals surface area contributed by atoms with E-state index in [2.05, 4.69) is 5.32 Å². The Labute approximate surface area is 127 Å². The van der Waals surface area contributed by atoms with E-state index in [1.54, 1.807) is 0 Å². The molecule has 0 aliphatic heterocycles. The van der Waals surface area contributed by atoms with E-state index in [-0.39, 0.29) is 18.6 Å². The van der Waals surface area contributed by atoms with Crippen molar-refractivity contribution in [3.63, 3.8) is 0 Å². The predicted octanol–water partition coefficient (Wildman–Crippen LogP) is 3.04. The van der Waals surface area contributed by atoms with Crippen LogP contribution in [0, 0.1) is 6.92 Å². The molecule has 0 aliphatic rings. The van der Waals surface area contributed by atoms with E-state index >= 15 is 0 Å². The number of hydrogen-bond acceptors (Lipinski definition) is 3. The lowest BCUT2D eigenvalue weighted by molar-refractivity contribution is 0.0920. The summed E-state index contributed by atoms with van der Waals surface area (Å²) in [4.78, 5) is 12.6. The van der Waals surface area contributed by atoms with Gasteiger partial charge in [-0.25, -0.2) is 0 Å². The van der Waals surface area contributed by atoms with Gasteiger partial charge in [-0.05, 0) is 29.9 Å². The van der Waals surface area contributed by atoms with Crippen LogP contribution in [0.1, 0.15) is 20.8 Å². The highest BCUT2D eigenvalue weighted by atomic mass is 35.5. The molecule has 0 saturated carbocycles. The standard InChI is InChI=1S/C15H16ClNO2S/c1-10-9-20-14(13(10)16)15(19)17-12(8-18)7-11-5-3-2-4-6-11/h2-6,9,12,18H,7-8H2,1H3,(H,17,19). The van der Waals surface area contributed by atoms with Crippen molar-refractivity contribution in [3.8, 4) is 0 Å². The molecule has 0 spiro atoms. The lowest BCUT2D eigenvalue weighted by Gasteiger charge is -2.16. The first-order chi connectivity index (χ1) is 9.61. The van der Waals surface area contributed by atoms with Crippen molar-refractivity contribution >= 4 is 28.8 Å². The lowest BCUT2D eigenvalue weighted by Crippen LogP contribution is -2.38. The van der Waals surface area contributed by atoms with Gasteiger partial charge in [-0.1, -0.05) is 41.9 Å². The van der Waals surface area contributed by atoms with E-state index in [0.717, 1.165) is 11.1 Å². The number of amides is 1. The van der Waals surface area contributed by atoms with Crippen LogP contribution in [-0.4, -0.2) is 23.7 Å². The first-order valence-electron chi connectivity index (χ1n) is 6.31. The number of carbonyl (C=O) groups is 1. The molecule has 1 unspecified atom stereocenters. The Morgan fingerprint density at radius 2 is 2.10 bits per heavy atom. The molecule has 2 N–H and O–H groups in total. The van der Waals surface area contributed by atoms with Crippen molar-refractivity contribution < 1.29 is 9.90 Å². The largest absolute Gasteiger partial charge is 0.394 e. The van der Waals surface area contributed by atoms with Crippen LogP contribution in [0.3, 0.4) is 0 Å². The molecule has 0 fully saturated rings. The fraction of sp³-hybridized carbons (Fsp3) is 0.267. The van der Waals surface area contributed by atoms with Gasteiger partial charge in [0, 0.05) is 0 Å². The summed E-state index contributed by atoms with van der Waals surface area (Å²) in [5, 5.41) is 14.6. The van der Waals surface area contributed by atoms with Crippen LogP contribution < -0.4 is 5.32 Å². The first-order valence-corrected chi connectivity index (χ1v) is 7.56. The number of thiophene rings is 1. The van der Waals surface area contributed by atoms with Crippen molar-refractivity contribution in [2.24, 2.45) is 0 Å². The summed E-state index contributed by atoms with van der Waals surface area (Å²) in [5.41, 5.74) is 1.96. The van der Waals surface area contributed by atoms with Gasteiger partial charge in [0.2, 0.25) is 0 Å². The predicted molar refractivity (Wildman–Crippen MR) is 82.6 cm³/mol. The summed E-state index contributed by atoms with van der Waals surface area (Å²) in [5.74, 6) is -0.233. The molecule has 106 valence electrons. The second-order valence-electron chi connectivity index (χ2n) is 4.60. The maximum Gasteiger partial charge on any atom is 0.263 e. The minimum atomic E-state index is -0.316. The monoisotopic (exact) mass is 309 g/mol. The summed E-state index contributed by atoms with van der Waals surface area (Å²) in [6, 6.07) is 9.43. The zero-order valence-corrected chi connectivity index (χ0v) is 12.7. The number of halogens is 1. The summed E-state index contributed by atoms with van der Waals surface area (Å²) < 4.78 is 0. The van der Waals surface area contributed by atoms with E-state index in [9.17, 15) is 9.90 Å². The van der Waals surface area contributed by atoms with Crippen molar-refractivity contribution in [2.75, 3.05) is 6.61 Å². The molecule has 0 radical (unpaired) electrons. The molecule has 2 rings (SSSR count). The van der Waals surface area contributed by atoms with Crippen LogP contribution in [0.4, 0.5) is 0 Å². The van der Waals surface area contributed by atoms with Gasteiger partial charge in [-0.3, -0.25) is 4.79 Å². The van der Waals surface area contributed by atoms with Gasteiger partial charge >= 0.3 is 0 Å². The van der Waals surface area contributed by atoms with Crippen molar-refractivity contribution in [1.82, 2.24) is 5.32 Å². The Hall–Kier alpha value is -1.36. The molecule has 1 heterocycles. The summed E-state index contributed by atoms with van der Waals surface area (Å²) in [7, 11) is 0. The van der Waals surface area contributed by atoms with Gasteiger partial charge < -0.3 is 10.4 Å². The fourth-order valence-electron chi connectivity index (χ4n) is 1.89. The Morgan fingerprint density at radius 1 is 1.40 bits per heavy atom. The zero-order valence-electron chi connectivity index (χ0n) is 11.1. The first kappa shape index (κ1) is 15.0. The van der Waals surface area contributed by atoms with Crippen LogP contribution in [0.2, 0.25) is 5.02 Å². The molecule has 20 heavy (non-hydrogen) atoms. The van der Waals surface area contributed by atoms with Crippen LogP contribution in [-0.2, 0) is 6.42 Å². The number of carbonyl (C=O) groups excluding carboxylic acids is 1. The average molecular weight is 310 g/mol. The molecular weight excluding hydrogens is 294 g/mol. The average Bonchev–Trinajstić information content (AvgIpc) is 2.79. The van der Waals surface area contributed by atoms with Crippen LogP contribution in [0.15, 0.2) is 35.7 Å². The number of benzene rings is 1. The highest BCUT2D eigenvalue weighted by Crippen LogP contribution is 2.27. The SMILES string of the molecule is Cc1csc(C(=O)NC(CO)Cc2ccccc2)c1Cl. The quantitative estimate of drug-likeness (QED) is 0.892. The third kappa shape index (κ3) is 3.60. The number of nitrogens with one attached hydrogen (secondary N) is 1. The maximum absolute atomic E-state index is 12.1. The molecule has 1 amide bonds. The zero-order chi connectivity index (χ0) is 14.5. The summed E-state index contributed by atoms with van der Waals surface area (Å²) in [6.07, 6.45) is 0.588. The maximum atomic E-state index is 12.1. The Morgan fingerprint density at radius 3 is 2.65 bits per heavy atom. The number of hydrogen-bond donors (Lipinski definition) is 2. The summed E-state index contributed by atoms with van der Waals surface area (Å²) >= 11 is 7.39. The minimum Gasteiger partial charge on any atom is -0.394 e. The third-order valence-corrected chi connectivity index (χ3v) is 4.68. The Kier molecular flexibility index (Phi) is 5.17. The molecule has 5 heteroatoms. The number of aliphatic hydroxyl groups excluding tert-OH is 1. The number of aryl methyl sites for hydroxylation is 1. The third-order valence-electron chi connectivity index (χ3n) is 2.99. The number of rotatable bonds is 5. The van der Waals surface area contributed by atoms with Gasteiger partial charge in [0.05, 0.1) is 17.7 Å². The van der Waals surface area contributed by atoms with Crippen molar-refractivity contribution in [2.45, 2.75) is 19.4 Å². The second-order valence-corrected chi connectivity index (χ2v) is 5.86. The Bertz CT molecular complexity index is 583. The fourth-order valence-corrected chi connectivity index (χ4v) is 3.08. The normalized spacial score (nSPS) is 12.2. The van der Waals surface area contributed by atoms with Gasteiger partial charge in [-0.2, -0.15) is 0 Å². The topological polar surface area (TPSA) is 49.3 Å². The van der Waals surface area contributed by atoms with Crippen LogP contribution in [0.25, 0.3) is 0 Å². The molecule has 3 nitrogen and oxygen atoms in total. The minimum absolute atomic E-state index is 0.109. The highest BCUT2D eigenvalue weighted by molar-refractivity contribution is 7.13. The van der Waals surface area contributed by atoms with E-state index < -0.39 is 0 Å². The van der Waals surface area contributed by atoms with E-state index in [4.69, 9.17) is 11.6 Å². The molecule has 0 aliphatic carbocycles.